The van der Waals surface area contributed by atoms with Gasteiger partial charge >= 0.3 is 0 Å². The molecule has 1 aliphatic heterocycles. The van der Waals surface area contributed by atoms with Crippen molar-refractivity contribution in [1.29, 1.82) is 5.26 Å². The van der Waals surface area contributed by atoms with E-state index in [1.54, 1.807) is 6.07 Å². The average molecular weight is 272 g/mol. The molecule has 1 saturated carbocycles. The Morgan fingerprint density at radius 2 is 2.25 bits per heavy atom. The third-order valence-electron chi connectivity index (χ3n) is 4.77. The molecule has 1 aliphatic carbocycles. The summed E-state index contributed by atoms with van der Waals surface area (Å²) in [6.07, 6.45) is 5.11. The molecule has 1 aromatic rings. The minimum Gasteiger partial charge on any atom is -0.396 e. The van der Waals surface area contributed by atoms with Crippen molar-refractivity contribution in [2.24, 2.45) is 5.92 Å². The summed E-state index contributed by atoms with van der Waals surface area (Å²) in [5.74, 6) is 1.11. The van der Waals surface area contributed by atoms with Crippen LogP contribution < -0.4 is 10.6 Å². The number of nitrogens with zero attached hydrogens (tertiary/aromatic N) is 3. The fraction of sp³-hybridized carbons (Fsp3) is 0.600. The van der Waals surface area contributed by atoms with Gasteiger partial charge in [-0.3, -0.25) is 0 Å². The van der Waals surface area contributed by atoms with Crippen molar-refractivity contribution in [1.82, 2.24) is 4.98 Å². The smallest absolute Gasteiger partial charge is 0.165 e. The van der Waals surface area contributed by atoms with E-state index in [1.807, 2.05) is 12.1 Å². The van der Waals surface area contributed by atoms with E-state index in [2.05, 4.69) is 9.88 Å². The van der Waals surface area contributed by atoms with Crippen LogP contribution in [-0.4, -0.2) is 28.8 Å². The van der Waals surface area contributed by atoms with Crippen LogP contribution in [0.15, 0.2) is 12.1 Å². The predicted molar refractivity (Wildman–Crippen MR) is 77.1 cm³/mol. The van der Waals surface area contributed by atoms with Gasteiger partial charge in [0.25, 0.3) is 0 Å². The molecule has 20 heavy (non-hydrogen) atoms. The van der Waals surface area contributed by atoms with Crippen LogP contribution >= 0.6 is 0 Å². The lowest BCUT2D eigenvalue weighted by Gasteiger charge is -2.47. The van der Waals surface area contributed by atoms with Crippen LogP contribution in [0.1, 0.15) is 37.8 Å². The Morgan fingerprint density at radius 3 is 3.05 bits per heavy atom. The van der Waals surface area contributed by atoms with Gasteiger partial charge in [0, 0.05) is 19.0 Å². The SMILES string of the molecule is N#Cc1nc(N2CCC3(O)CCCCC3C2)ccc1N. The molecule has 0 spiro atoms. The van der Waals surface area contributed by atoms with Crippen LogP contribution in [0, 0.1) is 17.2 Å². The maximum atomic E-state index is 10.7. The van der Waals surface area contributed by atoms with E-state index in [0.29, 0.717) is 11.6 Å². The Kier molecular flexibility index (Phi) is 3.27. The molecular weight excluding hydrogens is 252 g/mol. The maximum absolute atomic E-state index is 10.7. The number of pyridine rings is 1. The van der Waals surface area contributed by atoms with Gasteiger partial charge in [0.15, 0.2) is 5.69 Å². The van der Waals surface area contributed by atoms with Gasteiger partial charge in [0.05, 0.1) is 11.3 Å². The molecule has 0 bridgehead atoms. The normalized spacial score (nSPS) is 29.6. The average Bonchev–Trinajstić information content (AvgIpc) is 2.47. The molecule has 3 rings (SSSR count). The highest BCUT2D eigenvalue weighted by Gasteiger charge is 2.42. The van der Waals surface area contributed by atoms with Gasteiger partial charge in [0.1, 0.15) is 11.9 Å². The maximum Gasteiger partial charge on any atom is 0.165 e. The van der Waals surface area contributed by atoms with E-state index in [1.165, 1.54) is 6.42 Å². The molecule has 3 N–H and O–H groups in total. The Balaban J connectivity index is 1.81. The predicted octanol–water partition coefficient (Wildman–Crippen LogP) is 1.67. The first kappa shape index (κ1) is 13.2. The highest BCUT2D eigenvalue weighted by atomic mass is 16.3. The number of hydrogen-bond acceptors (Lipinski definition) is 5. The Hall–Kier alpha value is -1.80. The van der Waals surface area contributed by atoms with Crippen molar-refractivity contribution in [2.45, 2.75) is 37.7 Å². The zero-order chi connectivity index (χ0) is 14.2. The lowest BCUT2D eigenvalue weighted by molar-refractivity contribution is -0.0613. The summed E-state index contributed by atoms with van der Waals surface area (Å²) in [6, 6.07) is 5.63. The fourth-order valence-electron chi connectivity index (χ4n) is 3.50. The second-order valence-corrected chi connectivity index (χ2v) is 5.96. The summed E-state index contributed by atoms with van der Waals surface area (Å²) in [4.78, 5) is 6.50. The molecule has 5 nitrogen and oxygen atoms in total. The molecule has 2 atom stereocenters. The van der Waals surface area contributed by atoms with Crippen molar-refractivity contribution in [2.75, 3.05) is 23.7 Å². The quantitative estimate of drug-likeness (QED) is 0.812. The van der Waals surface area contributed by atoms with Crippen molar-refractivity contribution >= 4 is 11.5 Å². The fourth-order valence-corrected chi connectivity index (χ4v) is 3.50. The first-order chi connectivity index (χ1) is 9.62. The number of nitriles is 1. The first-order valence-corrected chi connectivity index (χ1v) is 7.26. The molecular formula is C15H20N4O. The molecule has 0 amide bonds. The second kappa shape index (κ2) is 4.95. The number of fused-ring (bicyclic) bond motifs is 1. The summed E-state index contributed by atoms with van der Waals surface area (Å²) < 4.78 is 0. The molecule has 2 unspecified atom stereocenters. The van der Waals surface area contributed by atoms with Gasteiger partial charge in [0.2, 0.25) is 0 Å². The van der Waals surface area contributed by atoms with Crippen molar-refractivity contribution in [3.63, 3.8) is 0 Å². The molecule has 0 aromatic carbocycles. The van der Waals surface area contributed by atoms with Gasteiger partial charge in [-0.25, -0.2) is 4.98 Å². The van der Waals surface area contributed by atoms with E-state index < -0.39 is 5.60 Å². The number of aromatic nitrogens is 1. The van der Waals surface area contributed by atoms with E-state index in [-0.39, 0.29) is 5.69 Å². The standard InChI is InChI=1S/C15H20N4O/c16-9-13-12(17)4-5-14(18-13)19-8-7-15(20)6-2-1-3-11(15)10-19/h4-5,11,20H,1-3,6-8,10,17H2. The number of piperidine rings is 1. The molecule has 106 valence electrons. The van der Waals surface area contributed by atoms with Gasteiger partial charge in [-0.05, 0) is 31.4 Å². The van der Waals surface area contributed by atoms with Gasteiger partial charge in [-0.1, -0.05) is 12.8 Å². The van der Waals surface area contributed by atoms with E-state index in [0.717, 1.165) is 44.6 Å². The number of nitrogen functional groups attached to an aromatic ring is 1. The monoisotopic (exact) mass is 272 g/mol. The minimum absolute atomic E-state index is 0.284. The van der Waals surface area contributed by atoms with E-state index >= 15 is 0 Å². The molecule has 2 aliphatic rings. The topological polar surface area (TPSA) is 86.2 Å². The molecule has 0 radical (unpaired) electrons. The Bertz CT molecular complexity index is 553. The second-order valence-electron chi connectivity index (χ2n) is 5.96. The third-order valence-corrected chi connectivity index (χ3v) is 4.77. The lowest BCUT2D eigenvalue weighted by atomic mass is 9.71. The molecule has 1 saturated heterocycles. The number of anilines is 2. The lowest BCUT2D eigenvalue weighted by Crippen LogP contribution is -2.53. The molecule has 2 heterocycles. The number of hydrogen-bond donors (Lipinski definition) is 2. The van der Waals surface area contributed by atoms with Crippen LogP contribution in [-0.2, 0) is 0 Å². The Morgan fingerprint density at radius 1 is 1.40 bits per heavy atom. The zero-order valence-corrected chi connectivity index (χ0v) is 11.5. The summed E-state index contributed by atoms with van der Waals surface area (Å²) in [5, 5.41) is 19.7. The third kappa shape index (κ3) is 2.20. The van der Waals surface area contributed by atoms with E-state index in [4.69, 9.17) is 11.0 Å². The van der Waals surface area contributed by atoms with Crippen LogP contribution in [0.3, 0.4) is 0 Å². The van der Waals surface area contributed by atoms with E-state index in [9.17, 15) is 5.11 Å². The van der Waals surface area contributed by atoms with Gasteiger partial charge in [-0.15, -0.1) is 0 Å². The first-order valence-electron chi connectivity index (χ1n) is 7.26. The van der Waals surface area contributed by atoms with Gasteiger partial charge < -0.3 is 15.7 Å². The highest BCUT2D eigenvalue weighted by molar-refractivity contribution is 5.55. The van der Waals surface area contributed by atoms with Crippen molar-refractivity contribution < 1.29 is 5.11 Å². The number of aliphatic hydroxyl groups is 1. The summed E-state index contributed by atoms with van der Waals surface area (Å²) in [7, 11) is 0. The largest absolute Gasteiger partial charge is 0.396 e. The summed E-state index contributed by atoms with van der Waals surface area (Å²) >= 11 is 0. The molecule has 1 aromatic heterocycles. The van der Waals surface area contributed by atoms with Crippen LogP contribution in [0.2, 0.25) is 0 Å². The highest BCUT2D eigenvalue weighted by Crippen LogP contribution is 2.40. The zero-order valence-electron chi connectivity index (χ0n) is 11.5. The summed E-state index contributed by atoms with van der Waals surface area (Å²) in [5.41, 5.74) is 5.93. The molecule has 2 fully saturated rings. The molecule has 5 heteroatoms. The van der Waals surface area contributed by atoms with Crippen LogP contribution in [0.4, 0.5) is 11.5 Å². The van der Waals surface area contributed by atoms with Crippen molar-refractivity contribution in [3.05, 3.63) is 17.8 Å². The van der Waals surface area contributed by atoms with Crippen molar-refractivity contribution in [3.8, 4) is 6.07 Å². The van der Waals surface area contributed by atoms with Gasteiger partial charge in [-0.2, -0.15) is 5.26 Å². The van der Waals surface area contributed by atoms with Crippen LogP contribution in [0.25, 0.3) is 0 Å². The Labute approximate surface area is 119 Å². The number of nitrogens with two attached hydrogens (primary N) is 1. The number of rotatable bonds is 1. The summed E-state index contributed by atoms with van der Waals surface area (Å²) in [6.45, 7) is 1.60. The minimum atomic E-state index is -0.485. The van der Waals surface area contributed by atoms with Crippen LogP contribution in [0.5, 0.6) is 0 Å².